The van der Waals surface area contributed by atoms with E-state index in [0.29, 0.717) is 12.2 Å². The van der Waals surface area contributed by atoms with Gasteiger partial charge in [0.05, 0.1) is 23.2 Å². The number of para-hydroxylation sites is 1. The molecule has 0 saturated heterocycles. The number of hydrogen-bond donors (Lipinski definition) is 0. The fourth-order valence-corrected chi connectivity index (χ4v) is 1.99. The zero-order valence-electron chi connectivity index (χ0n) is 9.97. The Bertz CT molecular complexity index is 479. The molecule has 0 spiro atoms. The van der Waals surface area contributed by atoms with Gasteiger partial charge in [0, 0.05) is 6.07 Å². The molecule has 1 heterocycles. The minimum Gasteiger partial charge on any atom is -0.369 e. The van der Waals surface area contributed by atoms with Crippen LogP contribution in [0.15, 0.2) is 35.4 Å². The van der Waals surface area contributed by atoms with Gasteiger partial charge in [-0.25, -0.2) is 0 Å². The van der Waals surface area contributed by atoms with Crippen LogP contribution in [-0.2, 0) is 4.74 Å². The number of ether oxygens (including phenoxy) is 1. The molecule has 1 aromatic rings. The van der Waals surface area contributed by atoms with Crippen molar-refractivity contribution in [2.75, 3.05) is 6.61 Å². The molecule has 90 valence electrons. The summed E-state index contributed by atoms with van der Waals surface area (Å²) >= 11 is 0. The van der Waals surface area contributed by atoms with Crippen molar-refractivity contribution in [2.24, 2.45) is 0 Å². The van der Waals surface area contributed by atoms with Crippen LogP contribution in [0, 0.1) is 10.1 Å². The standard InChI is InChI=1S/C13H15NO3/c1-9-7-13(17-8-10(9)2)11-5-3-4-6-12(11)14(15)16/h3-6,13H,7-8H2,1-2H3/t13-/m1/s1. The fraction of sp³-hybridized carbons (Fsp3) is 0.385. The Labute approximate surface area is 100 Å². The van der Waals surface area contributed by atoms with E-state index in [1.165, 1.54) is 17.2 Å². The summed E-state index contributed by atoms with van der Waals surface area (Å²) in [6.45, 7) is 4.65. The predicted molar refractivity (Wildman–Crippen MR) is 64.8 cm³/mol. The number of rotatable bonds is 2. The minimum atomic E-state index is -0.348. The van der Waals surface area contributed by atoms with Gasteiger partial charge in [-0.3, -0.25) is 10.1 Å². The summed E-state index contributed by atoms with van der Waals surface area (Å²) in [5.41, 5.74) is 3.30. The molecule has 0 aliphatic carbocycles. The molecule has 17 heavy (non-hydrogen) atoms. The third-order valence-electron chi connectivity index (χ3n) is 3.20. The second-order valence-electron chi connectivity index (χ2n) is 4.38. The maximum Gasteiger partial charge on any atom is 0.275 e. The van der Waals surface area contributed by atoms with E-state index in [1.54, 1.807) is 12.1 Å². The van der Waals surface area contributed by atoms with Gasteiger partial charge in [0.1, 0.15) is 0 Å². The van der Waals surface area contributed by atoms with Crippen LogP contribution in [0.1, 0.15) is 31.9 Å². The van der Waals surface area contributed by atoms with Crippen LogP contribution >= 0.6 is 0 Å². The molecule has 4 nitrogen and oxygen atoms in total. The fourth-order valence-electron chi connectivity index (χ4n) is 1.99. The van der Waals surface area contributed by atoms with Crippen molar-refractivity contribution >= 4 is 5.69 Å². The van der Waals surface area contributed by atoms with Gasteiger partial charge < -0.3 is 4.74 Å². The molecule has 0 fully saturated rings. The second-order valence-corrected chi connectivity index (χ2v) is 4.38. The molecule has 0 amide bonds. The van der Waals surface area contributed by atoms with E-state index >= 15 is 0 Å². The van der Waals surface area contributed by atoms with E-state index in [0.717, 1.165) is 6.42 Å². The zero-order chi connectivity index (χ0) is 12.4. The molecule has 0 bridgehead atoms. The van der Waals surface area contributed by atoms with Crippen LogP contribution in [-0.4, -0.2) is 11.5 Å². The van der Waals surface area contributed by atoms with Gasteiger partial charge in [-0.05, 0) is 31.9 Å². The van der Waals surface area contributed by atoms with E-state index in [2.05, 4.69) is 6.92 Å². The normalized spacial score (nSPS) is 20.5. The first-order chi connectivity index (χ1) is 8.09. The Hall–Kier alpha value is -1.68. The summed E-state index contributed by atoms with van der Waals surface area (Å²) in [7, 11) is 0. The summed E-state index contributed by atoms with van der Waals surface area (Å²) in [5, 5.41) is 10.9. The summed E-state index contributed by atoms with van der Waals surface area (Å²) in [6, 6.07) is 6.79. The van der Waals surface area contributed by atoms with Crippen molar-refractivity contribution in [3.63, 3.8) is 0 Å². The van der Waals surface area contributed by atoms with Gasteiger partial charge in [0.15, 0.2) is 0 Å². The summed E-state index contributed by atoms with van der Waals surface area (Å²) in [6.07, 6.45) is 0.539. The van der Waals surface area contributed by atoms with Crippen LogP contribution in [0.25, 0.3) is 0 Å². The second kappa shape index (κ2) is 4.67. The minimum absolute atomic E-state index is 0.143. The molecule has 0 saturated carbocycles. The van der Waals surface area contributed by atoms with Crippen molar-refractivity contribution in [1.29, 1.82) is 0 Å². The molecule has 0 aromatic heterocycles. The van der Waals surface area contributed by atoms with Crippen LogP contribution in [0.4, 0.5) is 5.69 Å². The average molecular weight is 233 g/mol. The van der Waals surface area contributed by atoms with Crippen molar-refractivity contribution in [3.8, 4) is 0 Å². The molecule has 1 atom stereocenters. The Balaban J connectivity index is 2.33. The zero-order valence-corrected chi connectivity index (χ0v) is 9.97. The molecule has 1 aliphatic rings. The predicted octanol–water partition coefficient (Wildman–Crippen LogP) is 3.39. The highest BCUT2D eigenvalue weighted by Gasteiger charge is 2.25. The van der Waals surface area contributed by atoms with Gasteiger partial charge in [-0.2, -0.15) is 0 Å². The summed E-state index contributed by atoms with van der Waals surface area (Å²) < 4.78 is 5.68. The Morgan fingerprint density at radius 3 is 2.65 bits per heavy atom. The van der Waals surface area contributed by atoms with E-state index in [4.69, 9.17) is 4.74 Å². The Morgan fingerprint density at radius 2 is 2.00 bits per heavy atom. The molecule has 0 radical (unpaired) electrons. The SMILES string of the molecule is CC1=C(C)C[C@H](c2ccccc2[N+](=O)[O-])OC1. The monoisotopic (exact) mass is 233 g/mol. The molecular formula is C13H15NO3. The van der Waals surface area contributed by atoms with Crippen LogP contribution in [0.2, 0.25) is 0 Å². The number of benzene rings is 1. The van der Waals surface area contributed by atoms with Crippen LogP contribution < -0.4 is 0 Å². The van der Waals surface area contributed by atoms with Gasteiger partial charge >= 0.3 is 0 Å². The summed E-state index contributed by atoms with van der Waals surface area (Å²) in [5.74, 6) is 0. The Morgan fingerprint density at radius 1 is 1.29 bits per heavy atom. The maximum atomic E-state index is 10.9. The quantitative estimate of drug-likeness (QED) is 0.447. The largest absolute Gasteiger partial charge is 0.369 e. The van der Waals surface area contributed by atoms with Crippen molar-refractivity contribution in [3.05, 3.63) is 51.1 Å². The number of hydrogen-bond acceptors (Lipinski definition) is 3. The van der Waals surface area contributed by atoms with Gasteiger partial charge in [0.2, 0.25) is 0 Å². The van der Waals surface area contributed by atoms with E-state index < -0.39 is 0 Å². The lowest BCUT2D eigenvalue weighted by Crippen LogP contribution is -2.14. The molecule has 4 heteroatoms. The molecule has 0 N–H and O–H groups in total. The highest BCUT2D eigenvalue weighted by Crippen LogP contribution is 2.35. The maximum absolute atomic E-state index is 10.9. The Kier molecular flexibility index (Phi) is 3.24. The third kappa shape index (κ3) is 2.36. The lowest BCUT2D eigenvalue weighted by molar-refractivity contribution is -0.386. The van der Waals surface area contributed by atoms with E-state index in [9.17, 15) is 10.1 Å². The first kappa shape index (κ1) is 11.8. The molecular weight excluding hydrogens is 218 g/mol. The van der Waals surface area contributed by atoms with E-state index in [-0.39, 0.29) is 16.7 Å². The highest BCUT2D eigenvalue weighted by atomic mass is 16.6. The third-order valence-corrected chi connectivity index (χ3v) is 3.20. The highest BCUT2D eigenvalue weighted by molar-refractivity contribution is 5.42. The van der Waals surface area contributed by atoms with Crippen molar-refractivity contribution in [1.82, 2.24) is 0 Å². The van der Waals surface area contributed by atoms with Gasteiger partial charge in [-0.15, -0.1) is 0 Å². The number of nitrogens with zero attached hydrogens (tertiary/aromatic N) is 1. The molecule has 1 aliphatic heterocycles. The van der Waals surface area contributed by atoms with Crippen LogP contribution in [0.3, 0.4) is 0 Å². The number of nitro benzene ring substituents is 1. The van der Waals surface area contributed by atoms with Crippen molar-refractivity contribution < 1.29 is 9.66 Å². The first-order valence-corrected chi connectivity index (χ1v) is 5.59. The molecule has 1 aromatic carbocycles. The first-order valence-electron chi connectivity index (χ1n) is 5.59. The lowest BCUT2D eigenvalue weighted by Gasteiger charge is -2.25. The van der Waals surface area contributed by atoms with Gasteiger partial charge in [-0.1, -0.05) is 17.7 Å². The summed E-state index contributed by atoms with van der Waals surface area (Å²) in [4.78, 5) is 10.6. The smallest absolute Gasteiger partial charge is 0.275 e. The van der Waals surface area contributed by atoms with Crippen LogP contribution in [0.5, 0.6) is 0 Å². The van der Waals surface area contributed by atoms with E-state index in [1.807, 2.05) is 13.0 Å². The topological polar surface area (TPSA) is 52.4 Å². The lowest BCUT2D eigenvalue weighted by atomic mass is 9.96. The molecule has 0 unspecified atom stereocenters. The van der Waals surface area contributed by atoms with Crippen molar-refractivity contribution in [2.45, 2.75) is 26.4 Å². The number of nitro groups is 1. The average Bonchev–Trinajstić information content (AvgIpc) is 2.32. The van der Waals surface area contributed by atoms with Gasteiger partial charge in [0.25, 0.3) is 5.69 Å². The molecule has 2 rings (SSSR count).